The minimum atomic E-state index is -0.523. The molecule has 23 heavy (non-hydrogen) atoms. The Bertz CT molecular complexity index is 532. The molecule has 0 saturated carbocycles. The summed E-state index contributed by atoms with van der Waals surface area (Å²) >= 11 is 0. The Morgan fingerprint density at radius 1 is 1.22 bits per heavy atom. The molecule has 0 aliphatic rings. The molecule has 0 fully saturated rings. The lowest BCUT2D eigenvalue weighted by molar-refractivity contribution is -0.142. The number of nitrogens with zero attached hydrogens (tertiary/aromatic N) is 1. The molecule has 0 spiro atoms. The van der Waals surface area contributed by atoms with Crippen molar-refractivity contribution in [2.45, 2.75) is 45.6 Å². The van der Waals surface area contributed by atoms with Crippen LogP contribution in [0.15, 0.2) is 40.9 Å². The van der Waals surface area contributed by atoms with Crippen molar-refractivity contribution in [3.63, 3.8) is 0 Å². The maximum absolute atomic E-state index is 12.0. The van der Waals surface area contributed by atoms with E-state index in [4.69, 9.17) is 9.47 Å². The highest BCUT2D eigenvalue weighted by Gasteiger charge is 2.18. The van der Waals surface area contributed by atoms with Gasteiger partial charge in [-0.15, -0.1) is 0 Å². The van der Waals surface area contributed by atoms with Gasteiger partial charge in [0.15, 0.2) is 6.04 Å². The third kappa shape index (κ3) is 6.68. The zero-order chi connectivity index (χ0) is 17.1. The predicted octanol–water partition coefficient (Wildman–Crippen LogP) is 3.99. The maximum atomic E-state index is 12.0. The van der Waals surface area contributed by atoms with Crippen LogP contribution in [0.4, 0.5) is 0 Å². The van der Waals surface area contributed by atoms with Crippen molar-refractivity contribution in [1.82, 2.24) is 0 Å². The normalized spacial score (nSPS) is 13.1. The van der Waals surface area contributed by atoms with Crippen LogP contribution in [-0.2, 0) is 16.0 Å². The number of unbranched alkanes of at least 4 members (excludes halogenated alkanes) is 1. The van der Waals surface area contributed by atoms with Gasteiger partial charge in [0.1, 0.15) is 5.75 Å². The molecule has 0 radical (unpaired) electrons. The lowest BCUT2D eigenvalue weighted by Crippen LogP contribution is -2.23. The Morgan fingerprint density at radius 2 is 1.91 bits per heavy atom. The zero-order valence-electron chi connectivity index (χ0n) is 14.5. The molecule has 0 unspecified atom stereocenters. The molecule has 0 heterocycles. The number of carbonyl (C=O) groups excluding carboxylic acids is 1. The van der Waals surface area contributed by atoms with Crippen molar-refractivity contribution < 1.29 is 14.3 Å². The number of carbonyl (C=O) groups is 1. The molecule has 1 rings (SSSR count). The van der Waals surface area contributed by atoms with E-state index in [1.807, 2.05) is 24.3 Å². The highest BCUT2D eigenvalue weighted by atomic mass is 16.5. The smallest absolute Gasteiger partial charge is 0.330 e. The Labute approximate surface area is 139 Å². The minimum absolute atomic E-state index is 0.317. The Morgan fingerprint density at radius 3 is 2.43 bits per heavy atom. The van der Waals surface area contributed by atoms with Gasteiger partial charge in [-0.2, -0.15) is 0 Å². The summed E-state index contributed by atoms with van der Waals surface area (Å²) in [5, 5.41) is 0. The number of rotatable bonds is 9. The molecule has 0 saturated heterocycles. The van der Waals surface area contributed by atoms with E-state index < -0.39 is 6.04 Å². The average Bonchev–Trinajstić information content (AvgIpc) is 2.60. The molecule has 1 aromatic rings. The Balaban J connectivity index is 2.84. The summed E-state index contributed by atoms with van der Waals surface area (Å²) in [6.45, 7) is 4.23. The largest absolute Gasteiger partial charge is 0.497 e. The molecule has 0 aliphatic carbocycles. The van der Waals surface area contributed by atoms with Crippen LogP contribution < -0.4 is 4.74 Å². The molecule has 1 aromatic carbocycles. The lowest BCUT2D eigenvalue weighted by Gasteiger charge is -2.11. The van der Waals surface area contributed by atoms with E-state index in [1.54, 1.807) is 13.3 Å². The first kappa shape index (κ1) is 18.9. The van der Waals surface area contributed by atoms with Gasteiger partial charge in [0, 0.05) is 12.6 Å². The molecule has 1 atom stereocenters. The number of methoxy groups -OCH3 is 2. The van der Waals surface area contributed by atoms with Crippen LogP contribution in [0.5, 0.6) is 5.75 Å². The molecule has 0 aliphatic heterocycles. The van der Waals surface area contributed by atoms with Gasteiger partial charge in [-0.3, -0.25) is 4.99 Å². The summed E-state index contributed by atoms with van der Waals surface area (Å²) in [5.74, 6) is 0.477. The first-order valence-electron chi connectivity index (χ1n) is 8.07. The van der Waals surface area contributed by atoms with Crippen molar-refractivity contribution in [2.75, 3.05) is 14.2 Å². The van der Waals surface area contributed by atoms with E-state index in [1.165, 1.54) is 7.11 Å². The number of aliphatic imine (C=N–C) groups is 1. The molecular weight excluding hydrogens is 290 g/mol. The summed E-state index contributed by atoms with van der Waals surface area (Å²) in [6, 6.07) is 7.12. The van der Waals surface area contributed by atoms with Crippen molar-refractivity contribution >= 4 is 12.2 Å². The highest BCUT2D eigenvalue weighted by Crippen LogP contribution is 2.14. The zero-order valence-corrected chi connectivity index (χ0v) is 14.5. The third-order valence-electron chi connectivity index (χ3n) is 3.59. The van der Waals surface area contributed by atoms with Gasteiger partial charge in [0.25, 0.3) is 0 Å². The van der Waals surface area contributed by atoms with Gasteiger partial charge in [-0.05, 0) is 36.1 Å². The average molecular weight is 317 g/mol. The van der Waals surface area contributed by atoms with E-state index >= 15 is 0 Å². The molecule has 0 N–H and O–H groups in total. The van der Waals surface area contributed by atoms with Crippen LogP contribution in [0.2, 0.25) is 0 Å². The van der Waals surface area contributed by atoms with Gasteiger partial charge in [0.2, 0.25) is 0 Å². The standard InChI is InChI=1S/C19H27NO3/c1-5-7-8-15(6-2)14-20-18(19(21)23-4)13-16-9-11-17(22-3)12-10-16/h8-12,14,18H,5-7,13H2,1-4H3/b15-8-,20-14?/t18-/m0/s1. The van der Waals surface area contributed by atoms with Gasteiger partial charge < -0.3 is 9.47 Å². The van der Waals surface area contributed by atoms with Crippen LogP contribution in [0.3, 0.4) is 0 Å². The van der Waals surface area contributed by atoms with Gasteiger partial charge in [-0.25, -0.2) is 4.79 Å². The Kier molecular flexibility index (Phi) is 8.73. The fourth-order valence-electron chi connectivity index (χ4n) is 2.12. The van der Waals surface area contributed by atoms with E-state index in [9.17, 15) is 4.79 Å². The summed E-state index contributed by atoms with van der Waals surface area (Å²) < 4.78 is 10.0. The predicted molar refractivity (Wildman–Crippen MR) is 94.3 cm³/mol. The van der Waals surface area contributed by atoms with Crippen molar-refractivity contribution in [3.8, 4) is 5.75 Å². The van der Waals surface area contributed by atoms with Crippen LogP contribution in [0.25, 0.3) is 0 Å². The molecule has 0 amide bonds. The number of allylic oxidation sites excluding steroid dienone is 2. The molecule has 126 valence electrons. The third-order valence-corrected chi connectivity index (χ3v) is 3.59. The van der Waals surface area contributed by atoms with E-state index in [0.29, 0.717) is 6.42 Å². The summed E-state index contributed by atoms with van der Waals surface area (Å²) in [5.41, 5.74) is 2.17. The van der Waals surface area contributed by atoms with E-state index in [2.05, 4.69) is 24.9 Å². The minimum Gasteiger partial charge on any atom is -0.497 e. The summed E-state index contributed by atoms with van der Waals surface area (Å²) in [6.07, 6.45) is 7.52. The van der Waals surface area contributed by atoms with Gasteiger partial charge in [-0.1, -0.05) is 38.5 Å². The number of hydrogen-bond acceptors (Lipinski definition) is 4. The fourth-order valence-corrected chi connectivity index (χ4v) is 2.12. The quantitative estimate of drug-likeness (QED) is 0.511. The van der Waals surface area contributed by atoms with E-state index in [0.717, 1.165) is 36.1 Å². The second-order valence-corrected chi connectivity index (χ2v) is 5.29. The van der Waals surface area contributed by atoms with Crippen molar-refractivity contribution in [2.24, 2.45) is 4.99 Å². The lowest BCUT2D eigenvalue weighted by atomic mass is 10.1. The monoisotopic (exact) mass is 317 g/mol. The number of benzene rings is 1. The number of ether oxygens (including phenoxy) is 2. The maximum Gasteiger partial charge on any atom is 0.330 e. The van der Waals surface area contributed by atoms with Crippen LogP contribution in [0.1, 0.15) is 38.7 Å². The topological polar surface area (TPSA) is 47.9 Å². The highest BCUT2D eigenvalue weighted by molar-refractivity contribution is 5.83. The first-order valence-corrected chi connectivity index (χ1v) is 8.07. The molecule has 0 bridgehead atoms. The molecule has 0 aromatic heterocycles. The van der Waals surface area contributed by atoms with Crippen LogP contribution in [-0.4, -0.2) is 32.4 Å². The molecule has 4 heteroatoms. The van der Waals surface area contributed by atoms with Crippen LogP contribution in [0, 0.1) is 0 Å². The van der Waals surface area contributed by atoms with Crippen molar-refractivity contribution in [1.29, 1.82) is 0 Å². The Hall–Kier alpha value is -2.10. The van der Waals surface area contributed by atoms with Gasteiger partial charge in [0.05, 0.1) is 14.2 Å². The van der Waals surface area contributed by atoms with Gasteiger partial charge >= 0.3 is 5.97 Å². The molecular formula is C19H27NO3. The number of hydrogen-bond donors (Lipinski definition) is 0. The molecule has 4 nitrogen and oxygen atoms in total. The summed E-state index contributed by atoms with van der Waals surface area (Å²) in [4.78, 5) is 16.4. The van der Waals surface area contributed by atoms with Crippen molar-refractivity contribution in [3.05, 3.63) is 41.5 Å². The van der Waals surface area contributed by atoms with E-state index in [-0.39, 0.29) is 5.97 Å². The second kappa shape index (κ2) is 10.6. The summed E-state index contributed by atoms with van der Waals surface area (Å²) in [7, 11) is 3.03. The second-order valence-electron chi connectivity index (χ2n) is 5.29. The first-order chi connectivity index (χ1) is 11.1. The number of esters is 1. The van der Waals surface area contributed by atoms with Crippen LogP contribution >= 0.6 is 0 Å². The SMILES string of the molecule is CCC/C=C(\C=N[C@@H](Cc1ccc(OC)cc1)C(=O)OC)CC. The fraction of sp³-hybridized carbons (Fsp3) is 0.474.